The highest BCUT2D eigenvalue weighted by atomic mass is 15.0. The molecule has 0 unspecified atom stereocenters. The molecule has 0 bridgehead atoms. The van der Waals surface area contributed by atoms with Crippen LogP contribution in [-0.2, 0) is 0 Å². The first-order valence-corrected chi connectivity index (χ1v) is 22.1. The summed E-state index contributed by atoms with van der Waals surface area (Å²) < 4.78 is 0. The summed E-state index contributed by atoms with van der Waals surface area (Å²) in [7, 11) is 0. The van der Waals surface area contributed by atoms with Crippen LogP contribution in [0.3, 0.4) is 0 Å². The molecule has 11 aromatic rings. The van der Waals surface area contributed by atoms with Crippen molar-refractivity contribution in [1.82, 2.24) is 15.0 Å². The van der Waals surface area contributed by atoms with E-state index in [0.29, 0.717) is 23.0 Å². The van der Waals surface area contributed by atoms with E-state index in [0.717, 1.165) is 66.8 Å². The molecule has 0 aliphatic heterocycles. The topological polar surface area (TPSA) is 62.5 Å². The lowest BCUT2D eigenvalue weighted by molar-refractivity contribution is 1.07. The molecule has 1 aliphatic rings. The van der Waals surface area contributed by atoms with Crippen LogP contribution >= 0.6 is 0 Å². The molecule has 0 N–H and O–H groups in total. The first-order valence-electron chi connectivity index (χ1n) is 22.1. The van der Waals surface area contributed by atoms with Crippen LogP contribution in [0.4, 0.5) is 0 Å². The second kappa shape index (κ2) is 16.3. The number of aromatic nitrogens is 3. The Kier molecular flexibility index (Phi) is 9.51. The highest BCUT2D eigenvalue weighted by Gasteiger charge is 2.24. The SMILES string of the molecule is N#Cc1cc(-c2cccc(-c3cccc4c3-c3cccc5cccc-4c35)c2)ccc1-c1ccc(-c2ccccc2-c2nc(-c3ccccc3)nc(-c3ccc(-c4ccccc4)cc3)n2)cc1. The van der Waals surface area contributed by atoms with E-state index in [1.165, 1.54) is 38.6 Å². The van der Waals surface area contributed by atoms with Gasteiger partial charge in [-0.25, -0.2) is 15.0 Å². The van der Waals surface area contributed by atoms with Crippen molar-refractivity contribution < 1.29 is 0 Å². The van der Waals surface area contributed by atoms with Gasteiger partial charge in [-0.1, -0.05) is 218 Å². The molecule has 4 heteroatoms. The maximum absolute atomic E-state index is 10.5. The van der Waals surface area contributed by atoms with Crippen molar-refractivity contribution in [3.05, 3.63) is 236 Å². The fourth-order valence-electron chi connectivity index (χ4n) is 9.56. The fourth-order valence-corrected chi connectivity index (χ4v) is 9.56. The van der Waals surface area contributed by atoms with Gasteiger partial charge in [0.25, 0.3) is 0 Å². The monoisotopic (exact) mass is 838 g/mol. The summed E-state index contributed by atoms with van der Waals surface area (Å²) in [5, 5.41) is 13.1. The van der Waals surface area contributed by atoms with E-state index in [4.69, 9.17) is 15.0 Å². The quantitative estimate of drug-likeness (QED) is 0.153. The van der Waals surface area contributed by atoms with Crippen molar-refractivity contribution in [3.63, 3.8) is 0 Å². The molecule has 0 amide bonds. The Hall–Kier alpha value is -9.04. The van der Waals surface area contributed by atoms with E-state index in [1.807, 2.05) is 54.6 Å². The third-order valence-electron chi connectivity index (χ3n) is 12.8. The van der Waals surface area contributed by atoms with Gasteiger partial charge in [-0.3, -0.25) is 0 Å². The minimum atomic E-state index is 0.594. The number of nitriles is 1. The van der Waals surface area contributed by atoms with Crippen molar-refractivity contribution in [2.45, 2.75) is 0 Å². The largest absolute Gasteiger partial charge is 0.208 e. The molecule has 12 rings (SSSR count). The number of hydrogen-bond acceptors (Lipinski definition) is 4. The second-order valence-electron chi connectivity index (χ2n) is 16.6. The average Bonchev–Trinajstić information content (AvgIpc) is 3.74. The maximum atomic E-state index is 10.5. The lowest BCUT2D eigenvalue weighted by Crippen LogP contribution is -2.01. The molecule has 0 spiro atoms. The summed E-state index contributed by atoms with van der Waals surface area (Å²) in [5.74, 6) is 1.81. The average molecular weight is 839 g/mol. The Labute approximate surface area is 383 Å². The van der Waals surface area contributed by atoms with Gasteiger partial charge in [-0.2, -0.15) is 5.26 Å². The van der Waals surface area contributed by atoms with Crippen LogP contribution in [-0.4, -0.2) is 15.0 Å². The molecule has 4 nitrogen and oxygen atoms in total. The smallest absolute Gasteiger partial charge is 0.164 e. The molecule has 1 aliphatic carbocycles. The van der Waals surface area contributed by atoms with Gasteiger partial charge in [-0.05, 0) is 101 Å². The van der Waals surface area contributed by atoms with Crippen LogP contribution < -0.4 is 0 Å². The van der Waals surface area contributed by atoms with Crippen molar-refractivity contribution in [2.24, 2.45) is 0 Å². The zero-order valence-electron chi connectivity index (χ0n) is 35.7. The van der Waals surface area contributed by atoms with E-state index in [9.17, 15) is 5.26 Å². The number of nitrogens with zero attached hydrogens (tertiary/aromatic N) is 4. The summed E-state index contributed by atoms with van der Waals surface area (Å²) in [4.78, 5) is 15.2. The van der Waals surface area contributed by atoms with Crippen LogP contribution in [0.25, 0.3) is 123 Å². The Bertz CT molecular complexity index is 3680. The van der Waals surface area contributed by atoms with Gasteiger partial charge in [-0.15, -0.1) is 0 Å². The normalized spacial score (nSPS) is 11.3. The van der Waals surface area contributed by atoms with E-state index < -0.39 is 0 Å². The predicted octanol–water partition coefficient (Wildman–Crippen LogP) is 15.9. The van der Waals surface area contributed by atoms with Crippen LogP contribution in [0.2, 0.25) is 0 Å². The highest BCUT2D eigenvalue weighted by molar-refractivity contribution is 6.18. The summed E-state index contributed by atoms with van der Waals surface area (Å²) in [6.07, 6.45) is 0. The molecule has 0 atom stereocenters. The van der Waals surface area contributed by atoms with Gasteiger partial charge in [0, 0.05) is 16.7 Å². The number of benzene rings is 10. The van der Waals surface area contributed by atoms with Crippen molar-refractivity contribution in [2.75, 3.05) is 0 Å². The molecular formula is C62H38N4. The van der Waals surface area contributed by atoms with Crippen molar-refractivity contribution >= 4 is 10.8 Å². The zero-order valence-corrected chi connectivity index (χ0v) is 35.7. The Morgan fingerprint density at radius 1 is 0.273 bits per heavy atom. The van der Waals surface area contributed by atoms with Crippen LogP contribution in [0, 0.1) is 11.3 Å². The predicted molar refractivity (Wildman–Crippen MR) is 270 cm³/mol. The molecule has 0 radical (unpaired) electrons. The lowest BCUT2D eigenvalue weighted by atomic mass is 9.90. The molecule has 306 valence electrons. The second-order valence-corrected chi connectivity index (χ2v) is 16.6. The zero-order chi connectivity index (χ0) is 44.0. The van der Waals surface area contributed by atoms with Gasteiger partial charge in [0.05, 0.1) is 11.6 Å². The highest BCUT2D eigenvalue weighted by Crippen LogP contribution is 2.51. The third-order valence-corrected chi connectivity index (χ3v) is 12.8. The maximum Gasteiger partial charge on any atom is 0.164 e. The molecule has 1 aromatic heterocycles. The summed E-state index contributed by atoms with van der Waals surface area (Å²) >= 11 is 0. The summed E-state index contributed by atoms with van der Waals surface area (Å²) in [5.41, 5.74) is 19.0. The fraction of sp³-hybridized carbons (Fsp3) is 0. The van der Waals surface area contributed by atoms with Crippen molar-refractivity contribution in [3.8, 4) is 118 Å². The van der Waals surface area contributed by atoms with Gasteiger partial charge in [0.2, 0.25) is 0 Å². The first kappa shape index (κ1) is 38.6. The molecule has 0 saturated carbocycles. The summed E-state index contributed by atoms with van der Waals surface area (Å²) in [6.45, 7) is 0. The molecule has 0 saturated heterocycles. The molecular weight excluding hydrogens is 801 g/mol. The van der Waals surface area contributed by atoms with Crippen LogP contribution in [0.5, 0.6) is 0 Å². The van der Waals surface area contributed by atoms with Gasteiger partial charge >= 0.3 is 0 Å². The Morgan fingerprint density at radius 2 is 0.727 bits per heavy atom. The van der Waals surface area contributed by atoms with Gasteiger partial charge in [0.15, 0.2) is 17.5 Å². The lowest BCUT2D eigenvalue weighted by Gasteiger charge is -2.14. The minimum absolute atomic E-state index is 0.594. The first-order chi connectivity index (χ1) is 32.7. The van der Waals surface area contributed by atoms with Gasteiger partial charge in [0.1, 0.15) is 0 Å². The molecule has 10 aromatic carbocycles. The standard InChI is InChI=1S/C62H38N4/c63-39-50-38-48(47-19-9-20-49(37-47)53-23-12-25-55-54-24-10-17-44-18-11-26-57(58(44)54)59(53)55)35-36-51(50)42-29-31-43(32-30-42)52-21-7-8-22-56(52)62-65-60(45-15-5-2-6-16-45)64-61(66-62)46-33-27-41(28-34-46)40-13-3-1-4-14-40/h1-38H. The molecule has 66 heavy (non-hydrogen) atoms. The molecule has 0 fully saturated rings. The van der Waals surface area contributed by atoms with E-state index in [1.54, 1.807) is 0 Å². The number of rotatable bonds is 8. The van der Waals surface area contributed by atoms with E-state index in [2.05, 4.69) is 182 Å². The number of fused-ring (bicyclic) bond motifs is 3. The molecule has 1 heterocycles. The van der Waals surface area contributed by atoms with Crippen LogP contribution in [0.1, 0.15) is 5.56 Å². The Balaban J connectivity index is 0.863. The number of hydrogen-bond donors (Lipinski definition) is 0. The van der Waals surface area contributed by atoms with E-state index >= 15 is 0 Å². The summed E-state index contributed by atoms with van der Waals surface area (Å²) in [6, 6.07) is 82.7. The van der Waals surface area contributed by atoms with Crippen LogP contribution in [0.15, 0.2) is 231 Å². The third kappa shape index (κ3) is 6.84. The van der Waals surface area contributed by atoms with Crippen molar-refractivity contribution in [1.29, 1.82) is 5.26 Å². The minimum Gasteiger partial charge on any atom is -0.208 e. The van der Waals surface area contributed by atoms with Gasteiger partial charge < -0.3 is 0 Å². The Morgan fingerprint density at radius 3 is 1.45 bits per heavy atom. The van der Waals surface area contributed by atoms with E-state index in [-0.39, 0.29) is 0 Å².